The lowest BCUT2D eigenvalue weighted by Crippen LogP contribution is -2.35. The first kappa shape index (κ1) is 10.6. The van der Waals surface area contributed by atoms with Crippen LogP contribution in [0.25, 0.3) is 10.4 Å². The molecule has 0 aromatic heterocycles. The quantitative estimate of drug-likeness (QED) is 0.298. The van der Waals surface area contributed by atoms with Crippen LogP contribution in [0.1, 0.15) is 19.3 Å². The number of hydrogen-bond acceptors (Lipinski definition) is 2. The maximum atomic E-state index is 8.36. The molecule has 0 unspecified atom stereocenters. The summed E-state index contributed by atoms with van der Waals surface area (Å²) < 4.78 is 5.94. The highest BCUT2D eigenvalue weighted by Crippen LogP contribution is 2.27. The summed E-state index contributed by atoms with van der Waals surface area (Å²) in [7, 11) is -1.48. The smallest absolute Gasteiger partial charge is 0.184 e. The van der Waals surface area contributed by atoms with Crippen molar-refractivity contribution in [3.8, 4) is 0 Å². The molecule has 0 heterocycles. The maximum absolute atomic E-state index is 8.36. The second-order valence-electron chi connectivity index (χ2n) is 4.47. The van der Waals surface area contributed by atoms with Gasteiger partial charge in [-0.1, -0.05) is 11.5 Å². The summed E-state index contributed by atoms with van der Waals surface area (Å²) in [5.41, 5.74) is 8.36. The molecule has 5 heteroatoms. The van der Waals surface area contributed by atoms with Crippen molar-refractivity contribution in [1.29, 1.82) is 0 Å². The van der Waals surface area contributed by atoms with Gasteiger partial charge in [0.2, 0.25) is 0 Å². The summed E-state index contributed by atoms with van der Waals surface area (Å²) in [6.07, 6.45) is 3.34. The molecule has 1 fully saturated rings. The molecule has 0 aromatic rings. The lowest BCUT2D eigenvalue weighted by molar-refractivity contribution is 0.184. The fourth-order valence-corrected chi connectivity index (χ4v) is 2.88. The molecule has 0 bridgehead atoms. The number of rotatable bonds is 3. The van der Waals surface area contributed by atoms with E-state index in [-0.39, 0.29) is 12.1 Å². The van der Waals surface area contributed by atoms with Gasteiger partial charge in [0.25, 0.3) is 0 Å². The van der Waals surface area contributed by atoms with Gasteiger partial charge in [0, 0.05) is 4.91 Å². The van der Waals surface area contributed by atoms with E-state index in [0.29, 0.717) is 0 Å². The van der Waals surface area contributed by atoms with E-state index in [0.717, 1.165) is 19.3 Å². The normalized spacial score (nSPS) is 28.5. The molecular formula is C8H17N3OSi. The zero-order valence-corrected chi connectivity index (χ0v) is 9.53. The van der Waals surface area contributed by atoms with Gasteiger partial charge in [0.05, 0.1) is 12.1 Å². The van der Waals surface area contributed by atoms with Crippen molar-refractivity contribution in [1.82, 2.24) is 0 Å². The van der Waals surface area contributed by atoms with Gasteiger partial charge in [0.15, 0.2) is 8.32 Å². The van der Waals surface area contributed by atoms with Crippen molar-refractivity contribution in [3.63, 3.8) is 0 Å². The van der Waals surface area contributed by atoms with Gasteiger partial charge in [-0.25, -0.2) is 0 Å². The molecule has 0 radical (unpaired) electrons. The van der Waals surface area contributed by atoms with E-state index < -0.39 is 8.32 Å². The largest absolute Gasteiger partial charge is 0.414 e. The molecule has 0 amide bonds. The van der Waals surface area contributed by atoms with E-state index in [9.17, 15) is 0 Å². The molecular weight excluding hydrogens is 182 g/mol. The summed E-state index contributed by atoms with van der Waals surface area (Å²) in [6, 6.07) is 0.0803. The Labute approximate surface area is 80.0 Å². The first-order valence-electron chi connectivity index (χ1n) is 4.75. The van der Waals surface area contributed by atoms with Gasteiger partial charge >= 0.3 is 0 Å². The van der Waals surface area contributed by atoms with E-state index in [1.807, 2.05) is 0 Å². The highest BCUT2D eigenvalue weighted by molar-refractivity contribution is 6.69. The molecule has 0 saturated heterocycles. The zero-order chi connectivity index (χ0) is 9.90. The molecule has 0 N–H and O–H groups in total. The molecule has 1 aliphatic carbocycles. The highest BCUT2D eigenvalue weighted by atomic mass is 28.4. The standard InChI is InChI=1S/C8H17N3OSi/c1-13(2,3)12-8-6-4-5-7(8)10-11-9/h7-8H,4-6H2,1-3H3/t7-,8+/m0/s1. The van der Waals surface area contributed by atoms with E-state index in [2.05, 4.69) is 29.7 Å². The molecule has 0 spiro atoms. The number of hydrogen-bond donors (Lipinski definition) is 0. The third-order valence-electron chi connectivity index (χ3n) is 2.12. The topological polar surface area (TPSA) is 58.0 Å². The Morgan fingerprint density at radius 2 is 2.08 bits per heavy atom. The third kappa shape index (κ3) is 3.38. The van der Waals surface area contributed by atoms with Crippen LogP contribution in [0.4, 0.5) is 0 Å². The van der Waals surface area contributed by atoms with Crippen LogP contribution in [-0.2, 0) is 4.43 Å². The Hall–Kier alpha value is -0.513. The molecule has 1 rings (SSSR count). The van der Waals surface area contributed by atoms with Crippen LogP contribution in [0.15, 0.2) is 5.11 Å². The minimum absolute atomic E-state index is 0.0803. The molecule has 0 aliphatic heterocycles. The predicted molar refractivity (Wildman–Crippen MR) is 55.0 cm³/mol. The molecule has 74 valence electrons. The highest BCUT2D eigenvalue weighted by Gasteiger charge is 2.31. The van der Waals surface area contributed by atoms with Crippen LogP contribution in [0.5, 0.6) is 0 Å². The van der Waals surface area contributed by atoms with Gasteiger partial charge in [-0.2, -0.15) is 0 Å². The first-order valence-corrected chi connectivity index (χ1v) is 8.16. The van der Waals surface area contributed by atoms with E-state index in [1.54, 1.807) is 0 Å². The van der Waals surface area contributed by atoms with Gasteiger partial charge < -0.3 is 4.43 Å². The van der Waals surface area contributed by atoms with Crippen molar-refractivity contribution in [2.45, 2.75) is 51.0 Å². The number of nitrogens with zero attached hydrogens (tertiary/aromatic N) is 3. The molecule has 2 atom stereocenters. The van der Waals surface area contributed by atoms with Crippen molar-refractivity contribution in [3.05, 3.63) is 10.4 Å². The SMILES string of the molecule is C[Si](C)(C)O[C@@H]1CCC[C@@H]1N=[N+]=[N-]. The summed E-state index contributed by atoms with van der Waals surface area (Å²) in [4.78, 5) is 2.86. The summed E-state index contributed by atoms with van der Waals surface area (Å²) in [5, 5.41) is 3.77. The minimum Gasteiger partial charge on any atom is -0.414 e. The monoisotopic (exact) mass is 199 g/mol. The third-order valence-corrected chi connectivity index (χ3v) is 3.13. The van der Waals surface area contributed by atoms with Crippen molar-refractivity contribution < 1.29 is 4.43 Å². The van der Waals surface area contributed by atoms with E-state index in [4.69, 9.17) is 9.96 Å². The van der Waals surface area contributed by atoms with Crippen LogP contribution in [0, 0.1) is 0 Å². The molecule has 1 saturated carbocycles. The van der Waals surface area contributed by atoms with Gasteiger partial charge in [-0.3, -0.25) is 0 Å². The van der Waals surface area contributed by atoms with Crippen LogP contribution >= 0.6 is 0 Å². The average molecular weight is 199 g/mol. The zero-order valence-electron chi connectivity index (χ0n) is 8.53. The van der Waals surface area contributed by atoms with Crippen LogP contribution in [0.3, 0.4) is 0 Å². The molecule has 4 nitrogen and oxygen atoms in total. The lowest BCUT2D eigenvalue weighted by Gasteiger charge is -2.25. The first-order chi connectivity index (χ1) is 6.03. The van der Waals surface area contributed by atoms with Crippen LogP contribution in [-0.4, -0.2) is 20.5 Å². The Balaban J connectivity index is 2.53. The maximum Gasteiger partial charge on any atom is 0.184 e. The Morgan fingerprint density at radius 3 is 2.62 bits per heavy atom. The average Bonchev–Trinajstić information content (AvgIpc) is 2.34. The fourth-order valence-electron chi connectivity index (χ4n) is 1.70. The Morgan fingerprint density at radius 1 is 1.38 bits per heavy atom. The van der Waals surface area contributed by atoms with Crippen molar-refractivity contribution in [2.75, 3.05) is 0 Å². The van der Waals surface area contributed by atoms with Crippen molar-refractivity contribution >= 4 is 8.32 Å². The predicted octanol–water partition coefficient (Wildman–Crippen LogP) is 3.07. The number of azide groups is 1. The minimum atomic E-state index is -1.48. The van der Waals surface area contributed by atoms with Crippen LogP contribution in [0.2, 0.25) is 19.6 Å². The molecule has 0 aromatic carbocycles. The van der Waals surface area contributed by atoms with Crippen molar-refractivity contribution in [2.24, 2.45) is 5.11 Å². The molecule has 13 heavy (non-hydrogen) atoms. The molecule has 1 aliphatic rings. The van der Waals surface area contributed by atoms with Crippen LogP contribution < -0.4 is 0 Å². The van der Waals surface area contributed by atoms with Gasteiger partial charge in [-0.05, 0) is 38.0 Å². The lowest BCUT2D eigenvalue weighted by atomic mass is 10.2. The second-order valence-corrected chi connectivity index (χ2v) is 8.93. The van der Waals surface area contributed by atoms with Gasteiger partial charge in [0.1, 0.15) is 0 Å². The fraction of sp³-hybridized carbons (Fsp3) is 1.00. The summed E-state index contributed by atoms with van der Waals surface area (Å²) >= 11 is 0. The Bertz CT molecular complexity index is 220. The van der Waals surface area contributed by atoms with E-state index >= 15 is 0 Å². The Kier molecular flexibility index (Phi) is 3.36. The summed E-state index contributed by atoms with van der Waals surface area (Å²) in [6.45, 7) is 6.50. The van der Waals surface area contributed by atoms with Gasteiger partial charge in [-0.15, -0.1) is 0 Å². The van der Waals surface area contributed by atoms with E-state index in [1.165, 1.54) is 0 Å². The summed E-state index contributed by atoms with van der Waals surface area (Å²) in [5.74, 6) is 0. The second kappa shape index (κ2) is 4.13.